The average Bonchev–Trinajstić information content (AvgIpc) is 2.86. The summed E-state index contributed by atoms with van der Waals surface area (Å²) < 4.78 is 39.3. The molecule has 0 aliphatic carbocycles. The molecule has 0 aliphatic heterocycles. The largest absolute Gasteiger partial charge is 0.416 e. The van der Waals surface area contributed by atoms with Crippen LogP contribution in [0.5, 0.6) is 0 Å². The topological polar surface area (TPSA) is 29.9 Å². The van der Waals surface area contributed by atoms with Crippen molar-refractivity contribution in [2.45, 2.75) is 32.6 Å². The molecule has 1 heterocycles. The molecular weight excluding hydrogens is 279 g/mol. The van der Waals surface area contributed by atoms with Gasteiger partial charge in [0, 0.05) is 12.7 Å². The second kappa shape index (κ2) is 6.76. The Labute approximate surface area is 121 Å². The molecular formula is C15H18F3N3. The molecule has 0 bridgehead atoms. The second-order valence-corrected chi connectivity index (χ2v) is 4.85. The lowest BCUT2D eigenvalue weighted by molar-refractivity contribution is -0.137. The SMILES string of the molecule is CCCNCc1ccnn1Cc1ccc(C(F)(F)F)cc1. The van der Waals surface area contributed by atoms with Crippen molar-refractivity contribution in [1.29, 1.82) is 0 Å². The first-order valence-electron chi connectivity index (χ1n) is 6.88. The van der Waals surface area contributed by atoms with Crippen molar-refractivity contribution in [1.82, 2.24) is 15.1 Å². The maximum Gasteiger partial charge on any atom is 0.416 e. The second-order valence-electron chi connectivity index (χ2n) is 4.85. The van der Waals surface area contributed by atoms with Gasteiger partial charge in [-0.2, -0.15) is 18.3 Å². The van der Waals surface area contributed by atoms with Crippen molar-refractivity contribution in [3.8, 4) is 0 Å². The Balaban J connectivity index is 2.03. The zero-order valence-corrected chi connectivity index (χ0v) is 11.8. The minimum Gasteiger partial charge on any atom is -0.311 e. The molecule has 1 aromatic carbocycles. The number of nitrogens with one attached hydrogen (secondary N) is 1. The van der Waals surface area contributed by atoms with E-state index in [4.69, 9.17) is 0 Å². The van der Waals surface area contributed by atoms with E-state index in [9.17, 15) is 13.2 Å². The third-order valence-corrected chi connectivity index (χ3v) is 3.15. The van der Waals surface area contributed by atoms with E-state index in [1.807, 2.05) is 6.07 Å². The quantitative estimate of drug-likeness (QED) is 0.828. The minimum atomic E-state index is -4.29. The van der Waals surface area contributed by atoms with Gasteiger partial charge in [-0.05, 0) is 36.7 Å². The lowest BCUT2D eigenvalue weighted by Crippen LogP contribution is -2.17. The summed E-state index contributed by atoms with van der Waals surface area (Å²) >= 11 is 0. The van der Waals surface area contributed by atoms with Crippen molar-refractivity contribution in [3.05, 3.63) is 53.3 Å². The van der Waals surface area contributed by atoms with E-state index in [-0.39, 0.29) is 0 Å². The minimum absolute atomic E-state index is 0.467. The third kappa shape index (κ3) is 4.32. The molecule has 114 valence electrons. The molecule has 2 aromatic rings. The third-order valence-electron chi connectivity index (χ3n) is 3.15. The Morgan fingerprint density at radius 1 is 1.14 bits per heavy atom. The zero-order valence-electron chi connectivity index (χ0n) is 11.8. The van der Waals surface area contributed by atoms with Gasteiger partial charge >= 0.3 is 6.18 Å². The van der Waals surface area contributed by atoms with Crippen molar-refractivity contribution >= 4 is 0 Å². The van der Waals surface area contributed by atoms with Gasteiger partial charge in [0.2, 0.25) is 0 Å². The van der Waals surface area contributed by atoms with E-state index in [2.05, 4.69) is 17.3 Å². The first-order valence-corrected chi connectivity index (χ1v) is 6.88. The zero-order chi connectivity index (χ0) is 15.3. The van der Waals surface area contributed by atoms with Gasteiger partial charge in [-0.3, -0.25) is 4.68 Å². The molecule has 0 fully saturated rings. The van der Waals surface area contributed by atoms with Gasteiger partial charge < -0.3 is 5.32 Å². The summed E-state index contributed by atoms with van der Waals surface area (Å²) in [6.45, 7) is 4.18. The van der Waals surface area contributed by atoms with Gasteiger partial charge in [0.05, 0.1) is 17.8 Å². The fraction of sp³-hybridized carbons (Fsp3) is 0.400. The molecule has 6 heteroatoms. The molecule has 2 rings (SSSR count). The highest BCUT2D eigenvalue weighted by molar-refractivity contribution is 5.25. The molecule has 0 spiro atoms. The first kappa shape index (κ1) is 15.6. The highest BCUT2D eigenvalue weighted by atomic mass is 19.4. The van der Waals surface area contributed by atoms with Gasteiger partial charge in [0.15, 0.2) is 0 Å². The summed E-state index contributed by atoms with van der Waals surface area (Å²) in [6.07, 6.45) is -1.54. The highest BCUT2D eigenvalue weighted by Gasteiger charge is 2.29. The Kier molecular flexibility index (Phi) is 5.01. The smallest absolute Gasteiger partial charge is 0.311 e. The first-order chi connectivity index (χ1) is 10.0. The van der Waals surface area contributed by atoms with Crippen LogP contribution in [0.3, 0.4) is 0 Å². The molecule has 3 nitrogen and oxygen atoms in total. The van der Waals surface area contributed by atoms with Crippen LogP contribution >= 0.6 is 0 Å². The molecule has 0 saturated heterocycles. The molecule has 21 heavy (non-hydrogen) atoms. The molecule has 0 aliphatic rings. The average molecular weight is 297 g/mol. The molecule has 0 unspecified atom stereocenters. The van der Waals surface area contributed by atoms with Gasteiger partial charge in [0.25, 0.3) is 0 Å². The summed E-state index contributed by atoms with van der Waals surface area (Å²) in [4.78, 5) is 0. The van der Waals surface area contributed by atoms with Crippen molar-refractivity contribution in [2.24, 2.45) is 0 Å². The normalized spacial score (nSPS) is 11.8. The lowest BCUT2D eigenvalue weighted by atomic mass is 10.1. The Bertz CT molecular complexity index is 558. The molecule has 0 radical (unpaired) electrons. The predicted octanol–water partition coefficient (Wildman–Crippen LogP) is 3.45. The Morgan fingerprint density at radius 2 is 1.86 bits per heavy atom. The standard InChI is InChI=1S/C15H18F3N3/c1-2-8-19-10-14-7-9-20-21(14)11-12-3-5-13(6-4-12)15(16,17)18/h3-7,9,19H,2,8,10-11H2,1H3. The number of rotatable bonds is 6. The van der Waals surface area contributed by atoms with Crippen LogP contribution in [-0.4, -0.2) is 16.3 Å². The van der Waals surface area contributed by atoms with Crippen LogP contribution in [0.25, 0.3) is 0 Å². The van der Waals surface area contributed by atoms with Crippen LogP contribution in [0.1, 0.15) is 30.2 Å². The molecule has 1 N–H and O–H groups in total. The number of nitrogens with zero attached hydrogens (tertiary/aromatic N) is 2. The van der Waals surface area contributed by atoms with E-state index in [1.54, 1.807) is 10.9 Å². The van der Waals surface area contributed by atoms with Crippen LogP contribution in [-0.2, 0) is 19.3 Å². The van der Waals surface area contributed by atoms with E-state index in [1.165, 1.54) is 12.1 Å². The van der Waals surface area contributed by atoms with Crippen LogP contribution in [0.4, 0.5) is 13.2 Å². The fourth-order valence-corrected chi connectivity index (χ4v) is 2.02. The van der Waals surface area contributed by atoms with E-state index in [0.29, 0.717) is 13.1 Å². The summed E-state index contributed by atoms with van der Waals surface area (Å²) in [5, 5.41) is 7.50. The number of benzene rings is 1. The molecule has 1 aromatic heterocycles. The van der Waals surface area contributed by atoms with Crippen LogP contribution in [0.2, 0.25) is 0 Å². The van der Waals surface area contributed by atoms with Crippen LogP contribution in [0, 0.1) is 0 Å². The van der Waals surface area contributed by atoms with Gasteiger partial charge in [0.1, 0.15) is 0 Å². The van der Waals surface area contributed by atoms with E-state index < -0.39 is 11.7 Å². The number of aromatic nitrogens is 2. The van der Waals surface area contributed by atoms with Gasteiger partial charge in [-0.15, -0.1) is 0 Å². The van der Waals surface area contributed by atoms with Crippen LogP contribution < -0.4 is 5.32 Å². The summed E-state index contributed by atoms with van der Waals surface area (Å²) in [5.74, 6) is 0. The van der Waals surface area contributed by atoms with E-state index in [0.717, 1.165) is 36.4 Å². The van der Waals surface area contributed by atoms with Crippen LogP contribution in [0.15, 0.2) is 36.5 Å². The predicted molar refractivity (Wildman–Crippen MR) is 74.8 cm³/mol. The Hall–Kier alpha value is -1.82. The number of hydrogen-bond acceptors (Lipinski definition) is 2. The lowest BCUT2D eigenvalue weighted by Gasteiger charge is -2.10. The number of hydrogen-bond donors (Lipinski definition) is 1. The molecule has 0 atom stereocenters. The maximum absolute atomic E-state index is 12.5. The molecule has 0 amide bonds. The summed E-state index contributed by atoms with van der Waals surface area (Å²) in [7, 11) is 0. The summed E-state index contributed by atoms with van der Waals surface area (Å²) in [6, 6.07) is 7.11. The van der Waals surface area contributed by atoms with Crippen molar-refractivity contribution in [2.75, 3.05) is 6.54 Å². The number of alkyl halides is 3. The number of halogens is 3. The maximum atomic E-state index is 12.5. The van der Waals surface area contributed by atoms with Gasteiger partial charge in [-0.25, -0.2) is 0 Å². The fourth-order valence-electron chi connectivity index (χ4n) is 2.02. The van der Waals surface area contributed by atoms with E-state index >= 15 is 0 Å². The summed E-state index contributed by atoms with van der Waals surface area (Å²) in [5.41, 5.74) is 1.18. The van der Waals surface area contributed by atoms with Crippen molar-refractivity contribution in [3.63, 3.8) is 0 Å². The highest BCUT2D eigenvalue weighted by Crippen LogP contribution is 2.29. The monoisotopic (exact) mass is 297 g/mol. The van der Waals surface area contributed by atoms with Gasteiger partial charge in [-0.1, -0.05) is 19.1 Å². The molecule has 0 saturated carbocycles. The Morgan fingerprint density at radius 3 is 2.48 bits per heavy atom. The van der Waals surface area contributed by atoms with Crippen molar-refractivity contribution < 1.29 is 13.2 Å².